The molecule has 2 bridgehead atoms. The van der Waals surface area contributed by atoms with E-state index < -0.39 is 10.0 Å². The van der Waals surface area contributed by atoms with Crippen LogP contribution in [0.25, 0.3) is 0 Å². The number of rotatable bonds is 3. The van der Waals surface area contributed by atoms with Crippen LogP contribution in [0.15, 0.2) is 23.1 Å². The molecular weight excluding hydrogens is 351 g/mol. The SMILES string of the molecule is Cc1cc(F)ccc1S(=O)(=O)N1C[C@H]2CCC[C@H](C1)C2N1CCCCC1. The van der Waals surface area contributed by atoms with Crippen molar-refractivity contribution in [2.45, 2.75) is 56.4 Å². The predicted octanol–water partition coefficient (Wildman–Crippen LogP) is 3.41. The fourth-order valence-electron chi connectivity index (χ4n) is 5.42. The van der Waals surface area contributed by atoms with Crippen LogP contribution in [0.4, 0.5) is 4.39 Å². The molecule has 0 aromatic heterocycles. The van der Waals surface area contributed by atoms with Crippen LogP contribution < -0.4 is 0 Å². The van der Waals surface area contributed by atoms with Crippen LogP contribution in [0.1, 0.15) is 44.1 Å². The summed E-state index contributed by atoms with van der Waals surface area (Å²) < 4.78 is 41.5. The van der Waals surface area contributed by atoms with Crippen molar-refractivity contribution in [3.05, 3.63) is 29.6 Å². The highest BCUT2D eigenvalue weighted by Crippen LogP contribution is 2.40. The molecule has 1 saturated carbocycles. The maximum atomic E-state index is 13.4. The summed E-state index contributed by atoms with van der Waals surface area (Å²) in [5, 5.41) is 0. The fraction of sp³-hybridized carbons (Fsp3) is 0.700. The first kappa shape index (κ1) is 18.4. The van der Waals surface area contributed by atoms with Gasteiger partial charge in [0.1, 0.15) is 5.82 Å². The van der Waals surface area contributed by atoms with Crippen LogP contribution in [0.3, 0.4) is 0 Å². The minimum Gasteiger partial charge on any atom is -0.300 e. The van der Waals surface area contributed by atoms with Crippen LogP contribution in [0, 0.1) is 24.6 Å². The van der Waals surface area contributed by atoms with Gasteiger partial charge >= 0.3 is 0 Å². The summed E-state index contributed by atoms with van der Waals surface area (Å²) in [7, 11) is -3.56. The molecule has 2 saturated heterocycles. The Kier molecular flexibility index (Phi) is 5.10. The summed E-state index contributed by atoms with van der Waals surface area (Å²) in [4.78, 5) is 2.90. The molecule has 2 heterocycles. The molecular formula is C20H29FN2O2S. The molecule has 4 nitrogen and oxygen atoms in total. The average molecular weight is 381 g/mol. The number of aryl methyl sites for hydroxylation is 1. The molecule has 6 heteroatoms. The van der Waals surface area contributed by atoms with Gasteiger partial charge in [0, 0.05) is 19.1 Å². The first-order valence-electron chi connectivity index (χ1n) is 9.97. The zero-order chi connectivity index (χ0) is 18.3. The van der Waals surface area contributed by atoms with E-state index in [4.69, 9.17) is 0 Å². The third-order valence-electron chi connectivity index (χ3n) is 6.56. The number of piperidine rings is 2. The van der Waals surface area contributed by atoms with Crippen molar-refractivity contribution < 1.29 is 12.8 Å². The van der Waals surface area contributed by atoms with Crippen molar-refractivity contribution in [3.63, 3.8) is 0 Å². The lowest BCUT2D eigenvalue weighted by atomic mass is 9.73. The van der Waals surface area contributed by atoms with Gasteiger partial charge in [0.05, 0.1) is 4.90 Å². The zero-order valence-corrected chi connectivity index (χ0v) is 16.3. The Hall–Kier alpha value is -0.980. The molecule has 3 aliphatic rings. The molecule has 2 atom stereocenters. The van der Waals surface area contributed by atoms with Crippen molar-refractivity contribution in [1.82, 2.24) is 9.21 Å². The van der Waals surface area contributed by atoms with Gasteiger partial charge in [-0.05, 0) is 81.3 Å². The Morgan fingerprint density at radius 2 is 1.65 bits per heavy atom. The van der Waals surface area contributed by atoms with Crippen molar-refractivity contribution in [2.75, 3.05) is 26.2 Å². The van der Waals surface area contributed by atoms with E-state index >= 15 is 0 Å². The van der Waals surface area contributed by atoms with E-state index in [2.05, 4.69) is 4.90 Å². The second kappa shape index (κ2) is 7.21. The van der Waals surface area contributed by atoms with Crippen molar-refractivity contribution in [2.24, 2.45) is 11.8 Å². The van der Waals surface area contributed by atoms with Gasteiger partial charge in [-0.3, -0.25) is 4.90 Å². The summed E-state index contributed by atoms with van der Waals surface area (Å²) in [5.41, 5.74) is 0.494. The number of hydrogen-bond donors (Lipinski definition) is 0. The lowest BCUT2D eigenvalue weighted by Crippen LogP contribution is -2.59. The van der Waals surface area contributed by atoms with Crippen LogP contribution in [-0.4, -0.2) is 49.8 Å². The lowest BCUT2D eigenvalue weighted by molar-refractivity contribution is -0.00312. The highest BCUT2D eigenvalue weighted by atomic mass is 32.2. The minimum absolute atomic E-state index is 0.258. The monoisotopic (exact) mass is 380 g/mol. The number of hydrogen-bond acceptors (Lipinski definition) is 3. The summed E-state index contributed by atoms with van der Waals surface area (Å²) in [6.45, 7) is 5.23. The second-order valence-corrected chi connectivity index (χ2v) is 10.2. The van der Waals surface area contributed by atoms with E-state index in [0.29, 0.717) is 36.5 Å². The number of halogens is 1. The van der Waals surface area contributed by atoms with Gasteiger partial charge in [-0.25, -0.2) is 12.8 Å². The summed E-state index contributed by atoms with van der Waals surface area (Å²) in [6.07, 6.45) is 7.31. The Morgan fingerprint density at radius 3 is 2.27 bits per heavy atom. The number of likely N-dealkylation sites (tertiary alicyclic amines) is 1. The molecule has 26 heavy (non-hydrogen) atoms. The van der Waals surface area contributed by atoms with Gasteiger partial charge in [-0.2, -0.15) is 4.31 Å². The lowest BCUT2D eigenvalue weighted by Gasteiger charge is -2.52. The highest BCUT2D eigenvalue weighted by molar-refractivity contribution is 7.89. The Morgan fingerprint density at radius 1 is 1.00 bits per heavy atom. The maximum Gasteiger partial charge on any atom is 0.243 e. The average Bonchev–Trinajstić information content (AvgIpc) is 2.61. The number of sulfonamides is 1. The van der Waals surface area contributed by atoms with E-state index in [1.807, 2.05) is 0 Å². The quantitative estimate of drug-likeness (QED) is 0.807. The first-order chi connectivity index (χ1) is 12.5. The van der Waals surface area contributed by atoms with E-state index in [1.54, 1.807) is 11.2 Å². The van der Waals surface area contributed by atoms with Crippen molar-refractivity contribution in [3.8, 4) is 0 Å². The molecule has 0 amide bonds. The van der Waals surface area contributed by atoms with Crippen LogP contribution >= 0.6 is 0 Å². The number of fused-ring (bicyclic) bond motifs is 2. The first-order valence-corrected chi connectivity index (χ1v) is 11.4. The Labute approximate surface area is 156 Å². The molecule has 0 radical (unpaired) electrons. The van der Waals surface area contributed by atoms with Crippen molar-refractivity contribution >= 4 is 10.0 Å². The van der Waals surface area contributed by atoms with Gasteiger partial charge in [0.15, 0.2) is 0 Å². The molecule has 1 aromatic rings. The van der Waals surface area contributed by atoms with E-state index in [9.17, 15) is 12.8 Å². The predicted molar refractivity (Wildman–Crippen MR) is 99.9 cm³/mol. The Bertz CT molecular complexity index is 747. The van der Waals surface area contributed by atoms with E-state index in [1.165, 1.54) is 57.0 Å². The third kappa shape index (κ3) is 3.32. The van der Waals surface area contributed by atoms with Gasteiger partial charge in [0.2, 0.25) is 10.0 Å². The fourth-order valence-corrected chi connectivity index (χ4v) is 7.17. The molecule has 1 aromatic carbocycles. The molecule has 2 aliphatic heterocycles. The highest BCUT2D eigenvalue weighted by Gasteiger charge is 2.45. The van der Waals surface area contributed by atoms with Gasteiger partial charge in [-0.15, -0.1) is 0 Å². The minimum atomic E-state index is -3.56. The largest absolute Gasteiger partial charge is 0.300 e. The zero-order valence-electron chi connectivity index (χ0n) is 15.5. The standard InChI is InChI=1S/C20H29FN2O2S/c1-15-12-18(21)8-9-19(15)26(24,25)23-13-16-6-5-7-17(14-23)20(16)22-10-3-2-4-11-22/h8-9,12,16-17,20H,2-7,10-11,13-14H2,1H3/t16-,17-/m1/s1. The van der Waals surface area contributed by atoms with Gasteiger partial charge in [0.25, 0.3) is 0 Å². The second-order valence-electron chi connectivity index (χ2n) is 8.27. The maximum absolute atomic E-state index is 13.4. The number of benzene rings is 1. The van der Waals surface area contributed by atoms with Gasteiger partial charge in [-0.1, -0.05) is 12.8 Å². The van der Waals surface area contributed by atoms with Crippen LogP contribution in [0.2, 0.25) is 0 Å². The van der Waals surface area contributed by atoms with Crippen LogP contribution in [-0.2, 0) is 10.0 Å². The third-order valence-corrected chi connectivity index (χ3v) is 8.55. The Balaban J connectivity index is 1.58. The molecule has 144 valence electrons. The molecule has 4 rings (SSSR count). The van der Waals surface area contributed by atoms with Crippen LogP contribution in [0.5, 0.6) is 0 Å². The number of nitrogens with zero attached hydrogens (tertiary/aromatic N) is 2. The summed E-state index contributed by atoms with van der Waals surface area (Å²) in [6, 6.07) is 4.53. The smallest absolute Gasteiger partial charge is 0.243 e. The topological polar surface area (TPSA) is 40.6 Å². The molecule has 3 fully saturated rings. The molecule has 0 N–H and O–H groups in total. The molecule has 0 spiro atoms. The summed E-state index contributed by atoms with van der Waals surface area (Å²) >= 11 is 0. The molecule has 1 aliphatic carbocycles. The normalized spacial score (nSPS) is 31.1. The summed E-state index contributed by atoms with van der Waals surface area (Å²) in [5.74, 6) is 0.467. The van der Waals surface area contributed by atoms with E-state index in [-0.39, 0.29) is 10.7 Å². The van der Waals surface area contributed by atoms with E-state index in [0.717, 1.165) is 12.8 Å². The molecule has 0 unspecified atom stereocenters. The van der Waals surface area contributed by atoms with Gasteiger partial charge < -0.3 is 0 Å². The van der Waals surface area contributed by atoms with Crippen molar-refractivity contribution in [1.29, 1.82) is 0 Å².